The zero-order chi connectivity index (χ0) is 10.7. The van der Waals surface area contributed by atoms with Crippen molar-refractivity contribution in [3.05, 3.63) is 27.8 Å². The molecule has 2 unspecified atom stereocenters. The highest BCUT2D eigenvalue weighted by Gasteiger charge is 2.22. The third-order valence-electron chi connectivity index (χ3n) is 2.93. The Morgan fingerprint density at radius 2 is 2.27 bits per heavy atom. The van der Waals surface area contributed by atoms with E-state index in [1.165, 1.54) is 15.7 Å². The molecule has 0 bridgehead atoms. The molecule has 0 saturated carbocycles. The monoisotopic (exact) mass is 317 g/mol. The number of halogens is 1. The Morgan fingerprint density at radius 3 is 2.93 bits per heavy atom. The first-order valence-corrected chi connectivity index (χ1v) is 6.44. The molecule has 0 aromatic heterocycles. The van der Waals surface area contributed by atoms with E-state index in [1.807, 2.05) is 0 Å². The molecule has 0 radical (unpaired) electrons. The fraction of sp³-hybridized carbons (Fsp3) is 0.500. The quantitative estimate of drug-likeness (QED) is 0.865. The second-order valence-electron chi connectivity index (χ2n) is 4.04. The number of benzene rings is 1. The molecule has 82 valence electrons. The van der Waals surface area contributed by atoms with E-state index >= 15 is 0 Å². The van der Waals surface area contributed by atoms with E-state index in [9.17, 15) is 0 Å². The molecular weight excluding hydrogens is 301 g/mol. The summed E-state index contributed by atoms with van der Waals surface area (Å²) in [6.45, 7) is 4.06. The Hall–Kier alpha value is -0.290. The molecule has 1 aromatic rings. The van der Waals surface area contributed by atoms with Gasteiger partial charge in [0.25, 0.3) is 0 Å². The van der Waals surface area contributed by atoms with Crippen LogP contribution in [0.2, 0.25) is 0 Å². The van der Waals surface area contributed by atoms with E-state index in [0.29, 0.717) is 12.0 Å². The Balaban J connectivity index is 1.99. The summed E-state index contributed by atoms with van der Waals surface area (Å²) in [6.07, 6.45) is 1.18. The first-order valence-electron chi connectivity index (χ1n) is 5.36. The number of hydrogen-bond donors (Lipinski definition) is 1. The summed E-state index contributed by atoms with van der Waals surface area (Å²) in [5, 5.41) is 3.56. The van der Waals surface area contributed by atoms with Crippen LogP contribution in [0.15, 0.2) is 24.3 Å². The van der Waals surface area contributed by atoms with Crippen molar-refractivity contribution in [1.82, 2.24) is 0 Å². The zero-order valence-corrected chi connectivity index (χ0v) is 11.0. The standard InChI is InChI=1S/C12H16INO/c1-9(10-6-7-15-8-10)14-12-5-3-2-4-11(12)13/h2-5,9-10,14H,6-8H2,1H3. The highest BCUT2D eigenvalue weighted by atomic mass is 127. The summed E-state index contributed by atoms with van der Waals surface area (Å²) in [5.74, 6) is 0.654. The average molecular weight is 317 g/mol. The molecule has 0 aliphatic carbocycles. The van der Waals surface area contributed by atoms with E-state index in [-0.39, 0.29) is 0 Å². The fourth-order valence-electron chi connectivity index (χ4n) is 1.89. The van der Waals surface area contributed by atoms with Gasteiger partial charge in [0.1, 0.15) is 0 Å². The van der Waals surface area contributed by atoms with E-state index in [1.54, 1.807) is 0 Å². The number of rotatable bonds is 3. The van der Waals surface area contributed by atoms with Gasteiger partial charge in [-0.05, 0) is 48.1 Å². The molecule has 1 heterocycles. The number of hydrogen-bond acceptors (Lipinski definition) is 2. The lowest BCUT2D eigenvalue weighted by Crippen LogP contribution is -2.26. The Kier molecular flexibility index (Phi) is 3.86. The minimum Gasteiger partial charge on any atom is -0.381 e. The smallest absolute Gasteiger partial charge is 0.0514 e. The first-order chi connectivity index (χ1) is 7.27. The van der Waals surface area contributed by atoms with Crippen molar-refractivity contribution in [3.63, 3.8) is 0 Å². The average Bonchev–Trinajstić information content (AvgIpc) is 2.74. The normalized spacial score (nSPS) is 22.7. The second kappa shape index (κ2) is 5.16. The Bertz CT molecular complexity index is 323. The number of ether oxygens (including phenoxy) is 1. The predicted molar refractivity (Wildman–Crippen MR) is 71.2 cm³/mol. The van der Waals surface area contributed by atoms with Gasteiger partial charge in [0.2, 0.25) is 0 Å². The SMILES string of the molecule is CC(Nc1ccccc1I)C1CCOC1. The van der Waals surface area contributed by atoms with Crippen LogP contribution in [0.4, 0.5) is 5.69 Å². The van der Waals surface area contributed by atoms with E-state index in [4.69, 9.17) is 4.74 Å². The van der Waals surface area contributed by atoms with E-state index in [0.717, 1.165) is 13.2 Å². The van der Waals surface area contributed by atoms with Crippen LogP contribution in [0.25, 0.3) is 0 Å². The van der Waals surface area contributed by atoms with Crippen molar-refractivity contribution in [2.75, 3.05) is 18.5 Å². The molecule has 1 aromatic carbocycles. The maximum atomic E-state index is 5.40. The van der Waals surface area contributed by atoms with Crippen molar-refractivity contribution >= 4 is 28.3 Å². The Labute approximate surface area is 105 Å². The van der Waals surface area contributed by atoms with Crippen LogP contribution in [-0.4, -0.2) is 19.3 Å². The van der Waals surface area contributed by atoms with Crippen LogP contribution >= 0.6 is 22.6 Å². The highest BCUT2D eigenvalue weighted by Crippen LogP contribution is 2.23. The molecule has 3 heteroatoms. The maximum Gasteiger partial charge on any atom is 0.0514 e. The van der Waals surface area contributed by atoms with Gasteiger partial charge >= 0.3 is 0 Å². The van der Waals surface area contributed by atoms with Crippen molar-refractivity contribution in [2.24, 2.45) is 5.92 Å². The number of anilines is 1. The first kappa shape index (κ1) is 11.2. The second-order valence-corrected chi connectivity index (χ2v) is 5.20. The van der Waals surface area contributed by atoms with E-state index in [2.05, 4.69) is 59.1 Å². The molecule has 1 saturated heterocycles. The number of nitrogens with one attached hydrogen (secondary N) is 1. The third-order valence-corrected chi connectivity index (χ3v) is 3.87. The van der Waals surface area contributed by atoms with Crippen molar-refractivity contribution < 1.29 is 4.74 Å². The third kappa shape index (κ3) is 2.84. The molecule has 15 heavy (non-hydrogen) atoms. The minimum atomic E-state index is 0.489. The molecule has 0 amide bonds. The van der Waals surface area contributed by atoms with Crippen molar-refractivity contribution in [2.45, 2.75) is 19.4 Å². The molecule has 2 rings (SSSR count). The van der Waals surface area contributed by atoms with Gasteiger partial charge in [-0.25, -0.2) is 0 Å². The van der Waals surface area contributed by atoms with Gasteiger partial charge in [-0.15, -0.1) is 0 Å². The van der Waals surface area contributed by atoms with Gasteiger partial charge in [-0.2, -0.15) is 0 Å². The lowest BCUT2D eigenvalue weighted by molar-refractivity contribution is 0.183. The fourth-order valence-corrected chi connectivity index (χ4v) is 2.43. The van der Waals surface area contributed by atoms with Gasteiger partial charge in [-0.3, -0.25) is 0 Å². The lowest BCUT2D eigenvalue weighted by atomic mass is 10.0. The largest absolute Gasteiger partial charge is 0.381 e. The molecule has 1 N–H and O–H groups in total. The van der Waals surface area contributed by atoms with E-state index < -0.39 is 0 Å². The zero-order valence-electron chi connectivity index (χ0n) is 8.87. The van der Waals surface area contributed by atoms with Crippen molar-refractivity contribution in [1.29, 1.82) is 0 Å². The van der Waals surface area contributed by atoms with Gasteiger partial charge in [0, 0.05) is 27.8 Å². The van der Waals surface area contributed by atoms with Crippen molar-refractivity contribution in [3.8, 4) is 0 Å². The molecule has 2 nitrogen and oxygen atoms in total. The predicted octanol–water partition coefficient (Wildman–Crippen LogP) is 3.13. The Morgan fingerprint density at radius 1 is 1.47 bits per heavy atom. The number of para-hydroxylation sites is 1. The molecule has 0 spiro atoms. The summed E-state index contributed by atoms with van der Waals surface area (Å²) < 4.78 is 6.68. The van der Waals surface area contributed by atoms with Crippen LogP contribution in [0.5, 0.6) is 0 Å². The van der Waals surface area contributed by atoms with Crippen LogP contribution < -0.4 is 5.32 Å². The molecule has 1 aliphatic heterocycles. The topological polar surface area (TPSA) is 21.3 Å². The van der Waals surface area contributed by atoms with Gasteiger partial charge in [0.15, 0.2) is 0 Å². The summed E-state index contributed by atoms with van der Waals surface area (Å²) in [5.41, 5.74) is 1.23. The van der Waals surface area contributed by atoms with Crippen LogP contribution in [0.1, 0.15) is 13.3 Å². The minimum absolute atomic E-state index is 0.489. The molecular formula is C12H16INO. The highest BCUT2D eigenvalue weighted by molar-refractivity contribution is 14.1. The summed E-state index contributed by atoms with van der Waals surface area (Å²) in [6, 6.07) is 8.89. The van der Waals surface area contributed by atoms with Crippen LogP contribution in [0, 0.1) is 9.49 Å². The lowest BCUT2D eigenvalue weighted by Gasteiger charge is -2.21. The molecule has 1 aliphatic rings. The van der Waals surface area contributed by atoms with Crippen LogP contribution in [-0.2, 0) is 4.74 Å². The maximum absolute atomic E-state index is 5.40. The summed E-state index contributed by atoms with van der Waals surface area (Å²) >= 11 is 2.36. The molecule has 1 fully saturated rings. The molecule has 2 atom stereocenters. The van der Waals surface area contributed by atoms with Gasteiger partial charge in [-0.1, -0.05) is 12.1 Å². The van der Waals surface area contributed by atoms with Gasteiger partial charge in [0.05, 0.1) is 6.61 Å². The van der Waals surface area contributed by atoms with Gasteiger partial charge < -0.3 is 10.1 Å². The summed E-state index contributed by atoms with van der Waals surface area (Å²) in [4.78, 5) is 0. The van der Waals surface area contributed by atoms with Crippen LogP contribution in [0.3, 0.4) is 0 Å². The summed E-state index contributed by atoms with van der Waals surface area (Å²) in [7, 11) is 0.